The van der Waals surface area contributed by atoms with Crippen LogP contribution in [0.4, 0.5) is 15.8 Å². The fourth-order valence-corrected chi connectivity index (χ4v) is 2.82. The zero-order chi connectivity index (χ0) is 19.2. The number of hydrogen-bond donors (Lipinski definition) is 1. The molecule has 0 aliphatic carbocycles. The van der Waals surface area contributed by atoms with Crippen LogP contribution in [0.1, 0.15) is 29.8 Å². The molecule has 0 atom stereocenters. The molecule has 0 saturated carbocycles. The highest BCUT2D eigenvalue weighted by atomic mass is 19.1. The van der Waals surface area contributed by atoms with Crippen molar-refractivity contribution in [3.05, 3.63) is 90.0 Å². The summed E-state index contributed by atoms with van der Waals surface area (Å²) in [6.45, 7) is 4.89. The van der Waals surface area contributed by atoms with Gasteiger partial charge in [0.25, 0.3) is 5.91 Å². The van der Waals surface area contributed by atoms with Gasteiger partial charge >= 0.3 is 0 Å². The van der Waals surface area contributed by atoms with Crippen LogP contribution in [0.5, 0.6) is 0 Å². The summed E-state index contributed by atoms with van der Waals surface area (Å²) in [5.74, 6) is -0.860. The molecule has 1 heterocycles. The Morgan fingerprint density at radius 3 is 2.48 bits per heavy atom. The van der Waals surface area contributed by atoms with Crippen LogP contribution in [0, 0.1) is 5.82 Å². The molecule has 0 fully saturated rings. The Labute approximate surface area is 158 Å². The maximum atomic E-state index is 13.8. The third-order valence-electron chi connectivity index (χ3n) is 4.26. The predicted molar refractivity (Wildman–Crippen MR) is 106 cm³/mol. The third kappa shape index (κ3) is 4.70. The van der Waals surface area contributed by atoms with Crippen LogP contribution in [-0.4, -0.2) is 16.9 Å². The van der Waals surface area contributed by atoms with E-state index in [1.807, 2.05) is 18.2 Å². The number of para-hydroxylation sites is 1. The molecule has 27 heavy (non-hydrogen) atoms. The molecule has 0 radical (unpaired) electrons. The first-order valence-electron chi connectivity index (χ1n) is 8.86. The van der Waals surface area contributed by atoms with Gasteiger partial charge in [0, 0.05) is 18.8 Å². The fourth-order valence-electron chi connectivity index (χ4n) is 2.82. The van der Waals surface area contributed by atoms with E-state index >= 15 is 0 Å². The van der Waals surface area contributed by atoms with E-state index in [2.05, 4.69) is 41.2 Å². The summed E-state index contributed by atoms with van der Waals surface area (Å²) < 4.78 is 13.8. The number of aromatic nitrogens is 1. The fraction of sp³-hybridized carbons (Fsp3) is 0.182. The SMILES string of the molecule is CC(C)N(Cc1ccccc1)c1cncc(C(=O)Nc2ccccc2F)c1. The van der Waals surface area contributed by atoms with E-state index < -0.39 is 11.7 Å². The van der Waals surface area contributed by atoms with Gasteiger partial charge in [0.05, 0.1) is 23.1 Å². The topological polar surface area (TPSA) is 45.2 Å². The number of nitrogens with one attached hydrogen (secondary N) is 1. The van der Waals surface area contributed by atoms with Gasteiger partial charge in [-0.25, -0.2) is 4.39 Å². The van der Waals surface area contributed by atoms with E-state index in [0.717, 1.165) is 5.69 Å². The number of rotatable bonds is 6. The summed E-state index contributed by atoms with van der Waals surface area (Å²) in [6.07, 6.45) is 3.23. The first kappa shape index (κ1) is 18.6. The minimum Gasteiger partial charge on any atom is -0.364 e. The van der Waals surface area contributed by atoms with Crippen molar-refractivity contribution in [1.29, 1.82) is 0 Å². The first-order valence-corrected chi connectivity index (χ1v) is 8.86. The molecule has 0 unspecified atom stereocenters. The minimum absolute atomic E-state index is 0.151. The standard InChI is InChI=1S/C22H22FN3O/c1-16(2)26(15-17-8-4-3-5-9-17)19-12-18(13-24-14-19)22(27)25-21-11-7-6-10-20(21)23/h3-14,16H,15H2,1-2H3,(H,25,27). The normalized spacial score (nSPS) is 10.7. The largest absolute Gasteiger partial charge is 0.364 e. The highest BCUT2D eigenvalue weighted by Crippen LogP contribution is 2.21. The van der Waals surface area contributed by atoms with Crippen molar-refractivity contribution in [3.63, 3.8) is 0 Å². The molecule has 0 bridgehead atoms. The zero-order valence-electron chi connectivity index (χ0n) is 15.4. The van der Waals surface area contributed by atoms with E-state index in [1.54, 1.807) is 24.4 Å². The number of halogens is 1. The predicted octanol–water partition coefficient (Wildman–Crippen LogP) is 4.89. The lowest BCUT2D eigenvalue weighted by Crippen LogP contribution is -2.30. The molecular weight excluding hydrogens is 341 g/mol. The smallest absolute Gasteiger partial charge is 0.257 e. The highest BCUT2D eigenvalue weighted by Gasteiger charge is 2.15. The number of amides is 1. The van der Waals surface area contributed by atoms with Crippen molar-refractivity contribution < 1.29 is 9.18 Å². The van der Waals surface area contributed by atoms with Gasteiger partial charge in [0.15, 0.2) is 0 Å². The van der Waals surface area contributed by atoms with Crippen LogP contribution in [0.2, 0.25) is 0 Å². The number of carbonyl (C=O) groups excluding carboxylic acids is 1. The molecule has 3 rings (SSSR count). The van der Waals surface area contributed by atoms with E-state index in [4.69, 9.17) is 0 Å². The molecule has 5 heteroatoms. The molecular formula is C22H22FN3O. The molecule has 1 N–H and O–H groups in total. The van der Waals surface area contributed by atoms with E-state index in [9.17, 15) is 9.18 Å². The quantitative estimate of drug-likeness (QED) is 0.678. The first-order chi connectivity index (χ1) is 13.0. The van der Waals surface area contributed by atoms with Gasteiger partial charge in [0.1, 0.15) is 5.82 Å². The molecule has 0 aliphatic heterocycles. The molecule has 1 aromatic heterocycles. The minimum atomic E-state index is -0.470. The molecule has 138 valence electrons. The Balaban J connectivity index is 1.82. The average molecular weight is 363 g/mol. The summed E-state index contributed by atoms with van der Waals surface area (Å²) in [5, 5.41) is 2.60. The van der Waals surface area contributed by atoms with Gasteiger partial charge in [0.2, 0.25) is 0 Å². The van der Waals surface area contributed by atoms with Gasteiger partial charge in [-0.2, -0.15) is 0 Å². The van der Waals surface area contributed by atoms with Gasteiger partial charge in [-0.05, 0) is 37.6 Å². The van der Waals surface area contributed by atoms with Crippen LogP contribution < -0.4 is 10.2 Å². The third-order valence-corrected chi connectivity index (χ3v) is 4.26. The lowest BCUT2D eigenvalue weighted by Gasteiger charge is -2.29. The van der Waals surface area contributed by atoms with Crippen molar-refractivity contribution in [1.82, 2.24) is 4.98 Å². The van der Waals surface area contributed by atoms with Gasteiger partial charge in [-0.1, -0.05) is 42.5 Å². The second-order valence-corrected chi connectivity index (χ2v) is 6.57. The maximum absolute atomic E-state index is 13.8. The number of nitrogens with zero attached hydrogens (tertiary/aromatic N) is 2. The van der Waals surface area contributed by atoms with Gasteiger partial charge < -0.3 is 10.2 Å². The van der Waals surface area contributed by atoms with Crippen molar-refractivity contribution in [2.45, 2.75) is 26.4 Å². The summed E-state index contributed by atoms with van der Waals surface area (Å²) in [4.78, 5) is 18.9. The summed E-state index contributed by atoms with van der Waals surface area (Å²) in [5.41, 5.74) is 2.55. The Morgan fingerprint density at radius 1 is 1.07 bits per heavy atom. The number of pyridine rings is 1. The summed E-state index contributed by atoms with van der Waals surface area (Å²) in [7, 11) is 0. The van der Waals surface area contributed by atoms with Crippen LogP contribution in [-0.2, 0) is 6.54 Å². The summed E-state index contributed by atoms with van der Waals surface area (Å²) in [6, 6.07) is 18.2. The number of anilines is 2. The molecule has 0 saturated heterocycles. The molecule has 2 aromatic carbocycles. The Kier molecular flexibility index (Phi) is 5.81. The summed E-state index contributed by atoms with van der Waals surface area (Å²) >= 11 is 0. The monoisotopic (exact) mass is 363 g/mol. The molecule has 1 amide bonds. The van der Waals surface area contributed by atoms with Gasteiger partial charge in [-0.15, -0.1) is 0 Å². The second kappa shape index (κ2) is 8.45. The highest BCUT2D eigenvalue weighted by molar-refractivity contribution is 6.04. The Bertz CT molecular complexity index is 912. The van der Waals surface area contributed by atoms with Crippen LogP contribution in [0.15, 0.2) is 73.1 Å². The number of hydrogen-bond acceptors (Lipinski definition) is 3. The van der Waals surface area contributed by atoms with Crippen molar-refractivity contribution >= 4 is 17.3 Å². The van der Waals surface area contributed by atoms with Crippen LogP contribution >= 0.6 is 0 Å². The molecule has 3 aromatic rings. The van der Waals surface area contributed by atoms with Crippen molar-refractivity contribution in [2.75, 3.05) is 10.2 Å². The lowest BCUT2D eigenvalue weighted by atomic mass is 10.1. The lowest BCUT2D eigenvalue weighted by molar-refractivity contribution is 0.102. The van der Waals surface area contributed by atoms with E-state index in [-0.39, 0.29) is 11.7 Å². The molecule has 0 aliphatic rings. The Morgan fingerprint density at radius 2 is 1.78 bits per heavy atom. The van der Waals surface area contributed by atoms with Crippen LogP contribution in [0.25, 0.3) is 0 Å². The maximum Gasteiger partial charge on any atom is 0.257 e. The Hall–Kier alpha value is -3.21. The van der Waals surface area contributed by atoms with Gasteiger partial charge in [-0.3, -0.25) is 9.78 Å². The van der Waals surface area contributed by atoms with E-state index in [1.165, 1.54) is 23.9 Å². The number of benzene rings is 2. The van der Waals surface area contributed by atoms with E-state index in [0.29, 0.717) is 12.1 Å². The van der Waals surface area contributed by atoms with Crippen molar-refractivity contribution in [2.24, 2.45) is 0 Å². The van der Waals surface area contributed by atoms with Crippen LogP contribution in [0.3, 0.4) is 0 Å². The second-order valence-electron chi connectivity index (χ2n) is 6.57. The molecule has 4 nitrogen and oxygen atoms in total. The average Bonchev–Trinajstić information content (AvgIpc) is 2.68. The number of carbonyl (C=O) groups is 1. The zero-order valence-corrected chi connectivity index (χ0v) is 15.4. The molecule has 0 spiro atoms. The van der Waals surface area contributed by atoms with Crippen molar-refractivity contribution in [3.8, 4) is 0 Å².